The zero-order valence-electron chi connectivity index (χ0n) is 13.1. The quantitative estimate of drug-likeness (QED) is 0.899. The SMILES string of the molecule is CC(C)C1CNC(c2ccccc2)CN1CCS(C)(=O)=O. The molecule has 1 aromatic carbocycles. The highest BCUT2D eigenvalue weighted by Gasteiger charge is 2.30. The predicted molar refractivity (Wildman–Crippen MR) is 87.1 cm³/mol. The number of piperazine rings is 1. The van der Waals surface area contributed by atoms with Gasteiger partial charge in [0.05, 0.1) is 5.75 Å². The molecule has 1 aliphatic heterocycles. The Morgan fingerprint density at radius 1 is 1.29 bits per heavy atom. The van der Waals surface area contributed by atoms with Crippen molar-refractivity contribution < 1.29 is 8.42 Å². The number of hydrogen-bond acceptors (Lipinski definition) is 4. The van der Waals surface area contributed by atoms with Gasteiger partial charge in [-0.3, -0.25) is 4.90 Å². The van der Waals surface area contributed by atoms with Crippen LogP contribution in [0.4, 0.5) is 0 Å². The Kier molecular flexibility index (Phi) is 5.41. The molecular weight excluding hydrogens is 284 g/mol. The third kappa shape index (κ3) is 4.80. The second kappa shape index (κ2) is 6.90. The van der Waals surface area contributed by atoms with Gasteiger partial charge in [0.2, 0.25) is 0 Å². The van der Waals surface area contributed by atoms with Gasteiger partial charge in [0.15, 0.2) is 0 Å². The van der Waals surface area contributed by atoms with E-state index in [9.17, 15) is 8.42 Å². The van der Waals surface area contributed by atoms with Crippen LogP contribution in [0.25, 0.3) is 0 Å². The molecule has 0 radical (unpaired) electrons. The molecule has 0 saturated carbocycles. The molecule has 4 nitrogen and oxygen atoms in total. The average molecular weight is 310 g/mol. The van der Waals surface area contributed by atoms with E-state index in [0.717, 1.165) is 13.1 Å². The second-order valence-electron chi connectivity index (χ2n) is 6.31. The molecule has 2 rings (SSSR count). The molecule has 21 heavy (non-hydrogen) atoms. The summed E-state index contributed by atoms with van der Waals surface area (Å²) in [5, 5.41) is 3.60. The Morgan fingerprint density at radius 2 is 1.95 bits per heavy atom. The van der Waals surface area contributed by atoms with Crippen LogP contribution in [0.5, 0.6) is 0 Å². The van der Waals surface area contributed by atoms with Crippen molar-refractivity contribution in [3.63, 3.8) is 0 Å². The van der Waals surface area contributed by atoms with Crippen LogP contribution in [0.3, 0.4) is 0 Å². The van der Waals surface area contributed by atoms with Crippen LogP contribution >= 0.6 is 0 Å². The molecule has 2 unspecified atom stereocenters. The maximum absolute atomic E-state index is 11.5. The van der Waals surface area contributed by atoms with E-state index >= 15 is 0 Å². The minimum absolute atomic E-state index is 0.234. The molecule has 1 fully saturated rings. The van der Waals surface area contributed by atoms with Crippen LogP contribution in [0, 0.1) is 5.92 Å². The number of nitrogens with one attached hydrogen (secondary N) is 1. The molecule has 2 atom stereocenters. The minimum Gasteiger partial charge on any atom is -0.307 e. The van der Waals surface area contributed by atoms with Gasteiger partial charge in [-0.2, -0.15) is 0 Å². The van der Waals surface area contributed by atoms with E-state index in [1.54, 1.807) is 0 Å². The first-order valence-corrected chi connectivity index (χ1v) is 9.63. The molecule has 0 spiro atoms. The van der Waals surface area contributed by atoms with Gasteiger partial charge in [-0.15, -0.1) is 0 Å². The second-order valence-corrected chi connectivity index (χ2v) is 8.57. The smallest absolute Gasteiger partial charge is 0.148 e. The predicted octanol–water partition coefficient (Wildman–Crippen LogP) is 1.70. The number of sulfone groups is 1. The summed E-state index contributed by atoms with van der Waals surface area (Å²) in [5.74, 6) is 0.742. The topological polar surface area (TPSA) is 49.4 Å². The average Bonchev–Trinajstić information content (AvgIpc) is 2.45. The molecule has 1 heterocycles. The van der Waals surface area contributed by atoms with E-state index < -0.39 is 9.84 Å². The molecule has 1 N–H and O–H groups in total. The van der Waals surface area contributed by atoms with Crippen LogP contribution in [0.1, 0.15) is 25.5 Å². The van der Waals surface area contributed by atoms with Crippen LogP contribution < -0.4 is 5.32 Å². The van der Waals surface area contributed by atoms with E-state index in [4.69, 9.17) is 0 Å². The zero-order chi connectivity index (χ0) is 15.5. The van der Waals surface area contributed by atoms with Gasteiger partial charge in [-0.05, 0) is 11.5 Å². The van der Waals surface area contributed by atoms with Crippen molar-refractivity contribution in [1.29, 1.82) is 0 Å². The highest BCUT2D eigenvalue weighted by Crippen LogP contribution is 2.23. The molecule has 0 bridgehead atoms. The highest BCUT2D eigenvalue weighted by atomic mass is 32.2. The van der Waals surface area contributed by atoms with Crippen molar-refractivity contribution in [3.05, 3.63) is 35.9 Å². The van der Waals surface area contributed by atoms with Crippen LogP contribution in [0.2, 0.25) is 0 Å². The lowest BCUT2D eigenvalue weighted by Crippen LogP contribution is -2.55. The van der Waals surface area contributed by atoms with Gasteiger partial charge in [0.1, 0.15) is 9.84 Å². The Hall–Kier alpha value is -0.910. The summed E-state index contributed by atoms with van der Waals surface area (Å²) in [4.78, 5) is 2.33. The van der Waals surface area contributed by atoms with Gasteiger partial charge in [0, 0.05) is 38.0 Å². The van der Waals surface area contributed by atoms with Crippen molar-refractivity contribution in [2.24, 2.45) is 5.92 Å². The van der Waals surface area contributed by atoms with Gasteiger partial charge < -0.3 is 5.32 Å². The molecule has 118 valence electrons. The number of hydrogen-bond donors (Lipinski definition) is 1. The summed E-state index contributed by atoms with van der Waals surface area (Å²) in [7, 11) is -2.92. The fraction of sp³-hybridized carbons (Fsp3) is 0.625. The van der Waals surface area contributed by atoms with E-state index in [1.807, 2.05) is 18.2 Å². The maximum Gasteiger partial charge on any atom is 0.148 e. The maximum atomic E-state index is 11.5. The third-order valence-corrected chi connectivity index (χ3v) is 5.10. The number of rotatable bonds is 5. The first-order chi connectivity index (χ1) is 9.87. The van der Waals surface area contributed by atoms with Gasteiger partial charge in [-0.25, -0.2) is 8.42 Å². The van der Waals surface area contributed by atoms with Gasteiger partial charge in [0.25, 0.3) is 0 Å². The summed E-state index contributed by atoms with van der Waals surface area (Å²) in [6.07, 6.45) is 1.31. The zero-order valence-corrected chi connectivity index (χ0v) is 13.9. The molecule has 1 aromatic rings. The molecule has 1 aliphatic rings. The minimum atomic E-state index is -2.92. The van der Waals surface area contributed by atoms with Crippen molar-refractivity contribution in [1.82, 2.24) is 10.2 Å². The van der Waals surface area contributed by atoms with E-state index in [-0.39, 0.29) is 11.8 Å². The Labute approximate surface area is 128 Å². The molecule has 0 aliphatic carbocycles. The molecular formula is C16H26N2O2S. The van der Waals surface area contributed by atoms with Crippen molar-refractivity contribution in [2.45, 2.75) is 25.9 Å². The lowest BCUT2D eigenvalue weighted by atomic mass is 9.96. The molecule has 0 aromatic heterocycles. The van der Waals surface area contributed by atoms with Crippen molar-refractivity contribution in [3.8, 4) is 0 Å². The summed E-state index contributed by atoms with van der Waals surface area (Å²) < 4.78 is 22.9. The normalized spacial score (nSPS) is 24.4. The summed E-state index contributed by atoms with van der Waals surface area (Å²) in [6, 6.07) is 11.0. The first-order valence-electron chi connectivity index (χ1n) is 7.57. The highest BCUT2D eigenvalue weighted by molar-refractivity contribution is 7.90. The third-order valence-electron chi connectivity index (χ3n) is 4.18. The van der Waals surface area contributed by atoms with Crippen LogP contribution in [-0.4, -0.2) is 51.0 Å². The van der Waals surface area contributed by atoms with E-state index in [0.29, 0.717) is 18.5 Å². The molecule has 0 amide bonds. The van der Waals surface area contributed by atoms with Crippen molar-refractivity contribution in [2.75, 3.05) is 31.6 Å². The van der Waals surface area contributed by atoms with Crippen molar-refractivity contribution >= 4 is 9.84 Å². The van der Waals surface area contributed by atoms with Gasteiger partial charge >= 0.3 is 0 Å². The Bertz CT molecular complexity index is 543. The first kappa shape index (κ1) is 16.5. The summed E-state index contributed by atoms with van der Waals surface area (Å²) in [5.41, 5.74) is 1.27. The summed E-state index contributed by atoms with van der Waals surface area (Å²) in [6.45, 7) is 6.78. The number of benzene rings is 1. The van der Waals surface area contributed by atoms with Gasteiger partial charge in [-0.1, -0.05) is 44.2 Å². The fourth-order valence-corrected chi connectivity index (χ4v) is 3.50. The van der Waals surface area contributed by atoms with Crippen LogP contribution in [-0.2, 0) is 9.84 Å². The Balaban J connectivity index is 2.08. The standard InChI is InChI=1S/C16H26N2O2S/c1-13(2)16-11-17-15(14-7-5-4-6-8-14)12-18(16)9-10-21(3,19)20/h4-8,13,15-17H,9-12H2,1-3H3. The number of nitrogens with zero attached hydrogens (tertiary/aromatic N) is 1. The van der Waals surface area contributed by atoms with E-state index in [2.05, 4.69) is 36.2 Å². The lowest BCUT2D eigenvalue weighted by Gasteiger charge is -2.42. The largest absolute Gasteiger partial charge is 0.307 e. The lowest BCUT2D eigenvalue weighted by molar-refractivity contribution is 0.105. The Morgan fingerprint density at radius 3 is 2.52 bits per heavy atom. The monoisotopic (exact) mass is 310 g/mol. The van der Waals surface area contributed by atoms with E-state index in [1.165, 1.54) is 11.8 Å². The van der Waals surface area contributed by atoms with Crippen LogP contribution in [0.15, 0.2) is 30.3 Å². The molecule has 1 saturated heterocycles. The molecule has 5 heteroatoms. The fourth-order valence-electron chi connectivity index (χ4n) is 2.93. The summed E-state index contributed by atoms with van der Waals surface area (Å²) >= 11 is 0.